The summed E-state index contributed by atoms with van der Waals surface area (Å²) in [6, 6.07) is 6.83. The number of nitrogens with one attached hydrogen (secondary N) is 1. The van der Waals surface area contributed by atoms with Crippen molar-refractivity contribution in [3.63, 3.8) is 0 Å². The molecule has 0 amide bonds. The van der Waals surface area contributed by atoms with Crippen molar-refractivity contribution in [3.05, 3.63) is 45.8 Å². The van der Waals surface area contributed by atoms with Crippen LogP contribution in [0.25, 0.3) is 0 Å². The minimum Gasteiger partial charge on any atom is -0.352 e. The van der Waals surface area contributed by atoms with Crippen molar-refractivity contribution in [3.8, 4) is 0 Å². The normalized spacial score (nSPS) is 12.4. The third-order valence-electron chi connectivity index (χ3n) is 3.36. The fraction of sp³-hybridized carbons (Fsp3) is 0.400. The highest BCUT2D eigenvalue weighted by Crippen LogP contribution is 2.28. The van der Waals surface area contributed by atoms with Gasteiger partial charge in [0, 0.05) is 24.7 Å². The molecule has 1 atom stereocenters. The van der Waals surface area contributed by atoms with Gasteiger partial charge in [0.05, 0.1) is 6.04 Å². The van der Waals surface area contributed by atoms with E-state index < -0.39 is 0 Å². The zero-order chi connectivity index (χ0) is 13.8. The molecule has 0 radical (unpaired) electrons. The molecule has 1 N–H and O–H groups in total. The van der Waals surface area contributed by atoms with Crippen LogP contribution in [0.4, 0.5) is 5.82 Å². The first kappa shape index (κ1) is 14.0. The SMILES string of the molecule is CNCc1cnc(N(C)C(C)c2cccs2)c(C)c1. The molecule has 2 aromatic rings. The Bertz CT molecular complexity index is 522. The van der Waals surface area contributed by atoms with Crippen molar-refractivity contribution in [2.24, 2.45) is 0 Å². The molecular formula is C15H21N3S. The predicted octanol–water partition coefficient (Wildman–Crippen LogP) is 3.37. The summed E-state index contributed by atoms with van der Waals surface area (Å²) in [4.78, 5) is 8.22. The Labute approximate surface area is 119 Å². The van der Waals surface area contributed by atoms with Crippen LogP contribution in [0.5, 0.6) is 0 Å². The van der Waals surface area contributed by atoms with Crippen LogP contribution in [-0.4, -0.2) is 19.1 Å². The third-order valence-corrected chi connectivity index (χ3v) is 4.40. The second-order valence-corrected chi connectivity index (χ2v) is 5.80. The van der Waals surface area contributed by atoms with Gasteiger partial charge in [-0.05, 0) is 49.5 Å². The maximum absolute atomic E-state index is 4.62. The van der Waals surface area contributed by atoms with Gasteiger partial charge in [-0.15, -0.1) is 11.3 Å². The first-order valence-corrected chi connectivity index (χ1v) is 7.37. The Kier molecular flexibility index (Phi) is 4.56. The molecule has 3 nitrogen and oxygen atoms in total. The monoisotopic (exact) mass is 275 g/mol. The molecule has 2 aromatic heterocycles. The van der Waals surface area contributed by atoms with Crippen molar-refractivity contribution in [2.45, 2.75) is 26.4 Å². The number of hydrogen-bond donors (Lipinski definition) is 1. The van der Waals surface area contributed by atoms with E-state index in [1.165, 1.54) is 16.0 Å². The number of aromatic nitrogens is 1. The summed E-state index contributed by atoms with van der Waals surface area (Å²) in [6.45, 7) is 5.20. The molecule has 0 aliphatic carbocycles. The maximum atomic E-state index is 4.62. The van der Waals surface area contributed by atoms with Crippen molar-refractivity contribution < 1.29 is 0 Å². The molecule has 0 aliphatic rings. The van der Waals surface area contributed by atoms with Crippen molar-refractivity contribution in [1.29, 1.82) is 0 Å². The van der Waals surface area contributed by atoms with E-state index in [2.05, 4.69) is 59.7 Å². The van der Waals surface area contributed by atoms with Gasteiger partial charge in [0.25, 0.3) is 0 Å². The molecule has 2 heterocycles. The molecule has 19 heavy (non-hydrogen) atoms. The Morgan fingerprint density at radius 3 is 2.84 bits per heavy atom. The van der Waals surface area contributed by atoms with Gasteiger partial charge >= 0.3 is 0 Å². The highest BCUT2D eigenvalue weighted by Gasteiger charge is 2.16. The van der Waals surface area contributed by atoms with E-state index in [1.807, 2.05) is 13.2 Å². The predicted molar refractivity (Wildman–Crippen MR) is 82.9 cm³/mol. The number of hydrogen-bond acceptors (Lipinski definition) is 4. The average Bonchev–Trinajstić information content (AvgIpc) is 2.91. The van der Waals surface area contributed by atoms with Crippen LogP contribution in [0.1, 0.15) is 29.0 Å². The molecule has 0 aromatic carbocycles. The Hall–Kier alpha value is -1.39. The molecule has 0 bridgehead atoms. The van der Waals surface area contributed by atoms with Gasteiger partial charge < -0.3 is 10.2 Å². The quantitative estimate of drug-likeness (QED) is 0.907. The number of anilines is 1. The zero-order valence-electron chi connectivity index (χ0n) is 12.0. The van der Waals surface area contributed by atoms with E-state index in [9.17, 15) is 0 Å². The van der Waals surface area contributed by atoms with Crippen molar-refractivity contribution in [1.82, 2.24) is 10.3 Å². The summed E-state index contributed by atoms with van der Waals surface area (Å²) in [5, 5.41) is 5.27. The van der Waals surface area contributed by atoms with E-state index in [0.717, 1.165) is 12.4 Å². The third kappa shape index (κ3) is 3.14. The lowest BCUT2D eigenvalue weighted by atomic mass is 10.1. The fourth-order valence-electron chi connectivity index (χ4n) is 2.20. The molecule has 102 valence electrons. The average molecular weight is 275 g/mol. The lowest BCUT2D eigenvalue weighted by molar-refractivity contribution is 0.736. The van der Waals surface area contributed by atoms with Gasteiger partial charge in [-0.3, -0.25) is 0 Å². The van der Waals surface area contributed by atoms with Crippen molar-refractivity contribution >= 4 is 17.2 Å². The Morgan fingerprint density at radius 2 is 2.26 bits per heavy atom. The summed E-state index contributed by atoms with van der Waals surface area (Å²) >= 11 is 1.79. The number of aryl methyl sites for hydroxylation is 1. The Balaban J connectivity index is 2.21. The molecule has 2 rings (SSSR count). The second-order valence-electron chi connectivity index (χ2n) is 4.82. The second kappa shape index (κ2) is 6.17. The molecule has 0 spiro atoms. The Morgan fingerprint density at radius 1 is 1.47 bits per heavy atom. The van der Waals surface area contributed by atoms with Crippen LogP contribution in [0.3, 0.4) is 0 Å². The molecule has 0 fully saturated rings. The summed E-state index contributed by atoms with van der Waals surface area (Å²) in [5.74, 6) is 1.06. The highest BCUT2D eigenvalue weighted by molar-refractivity contribution is 7.10. The standard InChI is InChI=1S/C15H21N3S/c1-11-8-13(9-16-3)10-17-15(11)18(4)12(2)14-6-5-7-19-14/h5-8,10,12,16H,9H2,1-4H3. The van der Waals surface area contributed by atoms with Gasteiger partial charge in [0.1, 0.15) is 5.82 Å². The summed E-state index contributed by atoms with van der Waals surface area (Å²) in [7, 11) is 4.06. The molecule has 0 aliphatic heterocycles. The fourth-order valence-corrected chi connectivity index (χ4v) is 3.03. The van der Waals surface area contributed by atoms with Crippen LogP contribution in [0, 0.1) is 6.92 Å². The van der Waals surface area contributed by atoms with Gasteiger partial charge in [-0.2, -0.15) is 0 Å². The summed E-state index contributed by atoms with van der Waals surface area (Å²) in [6.07, 6.45) is 1.95. The smallest absolute Gasteiger partial charge is 0.131 e. The first-order chi connectivity index (χ1) is 9.13. The largest absolute Gasteiger partial charge is 0.352 e. The van der Waals surface area contributed by atoms with Crippen LogP contribution in [-0.2, 0) is 6.54 Å². The summed E-state index contributed by atoms with van der Waals surface area (Å²) in [5.41, 5.74) is 2.44. The first-order valence-electron chi connectivity index (χ1n) is 6.50. The van der Waals surface area contributed by atoms with Gasteiger partial charge in [0.2, 0.25) is 0 Å². The number of rotatable bonds is 5. The number of nitrogens with zero attached hydrogens (tertiary/aromatic N) is 2. The van der Waals surface area contributed by atoms with Crippen LogP contribution >= 0.6 is 11.3 Å². The molecule has 0 saturated carbocycles. The molecule has 0 saturated heterocycles. The van der Waals surface area contributed by atoms with Gasteiger partial charge in [0.15, 0.2) is 0 Å². The van der Waals surface area contributed by atoms with Gasteiger partial charge in [-0.1, -0.05) is 6.07 Å². The lowest BCUT2D eigenvalue weighted by Crippen LogP contribution is -2.23. The highest BCUT2D eigenvalue weighted by atomic mass is 32.1. The molecular weight excluding hydrogens is 254 g/mol. The topological polar surface area (TPSA) is 28.2 Å². The molecule has 1 unspecified atom stereocenters. The van der Waals surface area contributed by atoms with Gasteiger partial charge in [-0.25, -0.2) is 4.98 Å². The molecule has 4 heteroatoms. The van der Waals surface area contributed by atoms with Crippen LogP contribution < -0.4 is 10.2 Å². The maximum Gasteiger partial charge on any atom is 0.131 e. The number of pyridine rings is 1. The van der Waals surface area contributed by atoms with Crippen LogP contribution in [0.2, 0.25) is 0 Å². The van der Waals surface area contributed by atoms with E-state index in [-0.39, 0.29) is 0 Å². The van der Waals surface area contributed by atoms with E-state index in [0.29, 0.717) is 6.04 Å². The number of thiophene rings is 1. The minimum atomic E-state index is 0.348. The van der Waals surface area contributed by atoms with E-state index in [1.54, 1.807) is 11.3 Å². The lowest BCUT2D eigenvalue weighted by Gasteiger charge is -2.26. The van der Waals surface area contributed by atoms with Crippen LogP contribution in [0.15, 0.2) is 29.8 Å². The summed E-state index contributed by atoms with van der Waals surface area (Å²) < 4.78 is 0. The van der Waals surface area contributed by atoms with E-state index in [4.69, 9.17) is 0 Å². The zero-order valence-corrected chi connectivity index (χ0v) is 12.8. The minimum absolute atomic E-state index is 0.348. The van der Waals surface area contributed by atoms with E-state index >= 15 is 0 Å². The van der Waals surface area contributed by atoms with Crippen molar-refractivity contribution in [2.75, 3.05) is 19.0 Å².